The summed E-state index contributed by atoms with van der Waals surface area (Å²) in [5, 5.41) is 14.1. The summed E-state index contributed by atoms with van der Waals surface area (Å²) in [6, 6.07) is 6.91. The predicted octanol–water partition coefficient (Wildman–Crippen LogP) is 2.00. The van der Waals surface area contributed by atoms with Crippen LogP contribution in [0.15, 0.2) is 24.3 Å². The highest BCUT2D eigenvalue weighted by Gasteiger charge is 2.15. The van der Waals surface area contributed by atoms with Crippen LogP contribution in [0.25, 0.3) is 0 Å². The van der Waals surface area contributed by atoms with Gasteiger partial charge in [-0.2, -0.15) is 0 Å². The molecule has 6 heteroatoms. The first-order chi connectivity index (χ1) is 10.1. The van der Waals surface area contributed by atoms with Gasteiger partial charge in [-0.1, -0.05) is 12.1 Å². The molecule has 2 rings (SSSR count). The summed E-state index contributed by atoms with van der Waals surface area (Å²) >= 11 is 0. The molecular formula is C15H20N2O4. The first kappa shape index (κ1) is 15.3. The highest BCUT2D eigenvalue weighted by atomic mass is 16.5. The minimum Gasteiger partial charge on any atom is -0.481 e. The second-order valence-electron chi connectivity index (χ2n) is 5.06. The molecule has 21 heavy (non-hydrogen) atoms. The maximum absolute atomic E-state index is 11.7. The topological polar surface area (TPSA) is 87.7 Å². The van der Waals surface area contributed by atoms with E-state index in [1.54, 1.807) is 12.1 Å². The number of hydrogen-bond donors (Lipinski definition) is 3. The summed E-state index contributed by atoms with van der Waals surface area (Å²) in [5.74, 6) is -0.814. The van der Waals surface area contributed by atoms with E-state index in [1.165, 1.54) is 0 Å². The van der Waals surface area contributed by atoms with Crippen LogP contribution in [0.4, 0.5) is 10.5 Å². The van der Waals surface area contributed by atoms with Gasteiger partial charge >= 0.3 is 12.0 Å². The zero-order chi connectivity index (χ0) is 15.1. The zero-order valence-corrected chi connectivity index (χ0v) is 11.8. The van der Waals surface area contributed by atoms with Gasteiger partial charge in [0, 0.05) is 25.3 Å². The molecule has 0 saturated carbocycles. The molecule has 1 aliphatic rings. The normalized spacial score (nSPS) is 17.4. The summed E-state index contributed by atoms with van der Waals surface area (Å²) in [7, 11) is 0. The number of carboxylic acid groups (broad SMARTS) is 1. The van der Waals surface area contributed by atoms with Crippen LogP contribution >= 0.6 is 0 Å². The molecule has 1 fully saturated rings. The van der Waals surface area contributed by atoms with Crippen molar-refractivity contribution in [3.05, 3.63) is 29.8 Å². The number of carboxylic acids is 1. The number of hydrogen-bond acceptors (Lipinski definition) is 3. The van der Waals surface area contributed by atoms with Gasteiger partial charge in [0.2, 0.25) is 0 Å². The first-order valence-electron chi connectivity index (χ1n) is 7.10. The Hall–Kier alpha value is -2.08. The molecule has 1 aromatic rings. The average molecular weight is 292 g/mol. The molecule has 0 aliphatic carbocycles. The SMILES string of the molecule is O=C(O)CCc1ccc(NC(=O)NCC2CCCO2)cc1. The monoisotopic (exact) mass is 292 g/mol. The summed E-state index contributed by atoms with van der Waals surface area (Å²) < 4.78 is 5.43. The third kappa shape index (κ3) is 5.43. The van der Waals surface area contributed by atoms with Crippen molar-refractivity contribution in [2.45, 2.75) is 31.8 Å². The number of aryl methyl sites for hydroxylation is 1. The Labute approximate surface area is 123 Å². The molecule has 114 valence electrons. The van der Waals surface area contributed by atoms with Crippen LogP contribution in [0.3, 0.4) is 0 Å². The maximum atomic E-state index is 11.7. The number of rotatable bonds is 6. The van der Waals surface area contributed by atoms with Crippen LogP contribution in [0.5, 0.6) is 0 Å². The number of urea groups is 1. The van der Waals surface area contributed by atoms with E-state index >= 15 is 0 Å². The Morgan fingerprint density at radius 2 is 2.05 bits per heavy atom. The molecule has 1 heterocycles. The second-order valence-corrected chi connectivity index (χ2v) is 5.06. The number of carbonyl (C=O) groups is 2. The zero-order valence-electron chi connectivity index (χ0n) is 11.8. The van der Waals surface area contributed by atoms with Crippen molar-refractivity contribution in [2.75, 3.05) is 18.5 Å². The van der Waals surface area contributed by atoms with Gasteiger partial charge in [-0.25, -0.2) is 4.79 Å². The van der Waals surface area contributed by atoms with Crippen molar-refractivity contribution < 1.29 is 19.4 Å². The van der Waals surface area contributed by atoms with Gasteiger partial charge in [0.15, 0.2) is 0 Å². The highest BCUT2D eigenvalue weighted by Crippen LogP contribution is 2.12. The lowest BCUT2D eigenvalue weighted by molar-refractivity contribution is -0.136. The summed E-state index contributed by atoms with van der Waals surface area (Å²) in [4.78, 5) is 22.2. The quantitative estimate of drug-likeness (QED) is 0.748. The van der Waals surface area contributed by atoms with Crippen molar-refractivity contribution in [1.29, 1.82) is 0 Å². The van der Waals surface area contributed by atoms with Crippen LogP contribution in [-0.2, 0) is 16.0 Å². The highest BCUT2D eigenvalue weighted by molar-refractivity contribution is 5.89. The smallest absolute Gasteiger partial charge is 0.319 e. The number of aliphatic carboxylic acids is 1. The Kier molecular flexibility index (Phi) is 5.57. The fourth-order valence-corrected chi connectivity index (χ4v) is 2.19. The van der Waals surface area contributed by atoms with Crippen molar-refractivity contribution in [3.63, 3.8) is 0 Å². The van der Waals surface area contributed by atoms with E-state index < -0.39 is 5.97 Å². The fourth-order valence-electron chi connectivity index (χ4n) is 2.19. The predicted molar refractivity (Wildman–Crippen MR) is 78.4 cm³/mol. The van der Waals surface area contributed by atoms with Gasteiger partial charge in [-0.3, -0.25) is 4.79 Å². The molecule has 1 aliphatic heterocycles. The van der Waals surface area contributed by atoms with Gasteiger partial charge in [0.05, 0.1) is 6.10 Å². The molecule has 0 bridgehead atoms. The average Bonchev–Trinajstić information content (AvgIpc) is 2.98. The Morgan fingerprint density at radius 3 is 2.67 bits per heavy atom. The minimum absolute atomic E-state index is 0.106. The molecule has 2 amide bonds. The number of benzene rings is 1. The van der Waals surface area contributed by atoms with E-state index in [0.29, 0.717) is 18.7 Å². The van der Waals surface area contributed by atoms with Gasteiger partial charge in [-0.15, -0.1) is 0 Å². The minimum atomic E-state index is -0.814. The Balaban J connectivity index is 1.73. The van der Waals surface area contributed by atoms with Crippen LogP contribution in [0.2, 0.25) is 0 Å². The lowest BCUT2D eigenvalue weighted by Crippen LogP contribution is -2.35. The van der Waals surface area contributed by atoms with Gasteiger partial charge in [0.25, 0.3) is 0 Å². The van der Waals surface area contributed by atoms with Crippen LogP contribution < -0.4 is 10.6 Å². The standard InChI is InChI=1S/C15H20N2O4/c18-14(19)8-5-11-3-6-12(7-4-11)17-15(20)16-10-13-2-1-9-21-13/h3-4,6-7,13H,1-2,5,8-10H2,(H,18,19)(H2,16,17,20). The molecule has 1 atom stereocenters. The van der Waals surface area contributed by atoms with E-state index in [-0.39, 0.29) is 18.6 Å². The molecule has 6 nitrogen and oxygen atoms in total. The number of carbonyl (C=O) groups excluding carboxylic acids is 1. The van der Waals surface area contributed by atoms with Crippen LogP contribution in [0.1, 0.15) is 24.8 Å². The third-order valence-corrected chi connectivity index (χ3v) is 3.35. The number of anilines is 1. The van der Waals surface area contributed by atoms with E-state index in [4.69, 9.17) is 9.84 Å². The molecule has 3 N–H and O–H groups in total. The summed E-state index contributed by atoms with van der Waals surface area (Å²) in [6.07, 6.45) is 2.74. The van der Waals surface area contributed by atoms with Crippen molar-refractivity contribution >= 4 is 17.7 Å². The van der Waals surface area contributed by atoms with Crippen molar-refractivity contribution in [1.82, 2.24) is 5.32 Å². The third-order valence-electron chi connectivity index (χ3n) is 3.35. The molecule has 1 aromatic carbocycles. The Bertz CT molecular complexity index is 481. The first-order valence-corrected chi connectivity index (χ1v) is 7.10. The lowest BCUT2D eigenvalue weighted by atomic mass is 10.1. The van der Waals surface area contributed by atoms with E-state index in [2.05, 4.69) is 10.6 Å². The molecule has 0 aromatic heterocycles. The fraction of sp³-hybridized carbons (Fsp3) is 0.467. The molecule has 1 unspecified atom stereocenters. The molecule has 0 spiro atoms. The second kappa shape index (κ2) is 7.64. The summed E-state index contributed by atoms with van der Waals surface area (Å²) in [6.45, 7) is 1.29. The molecular weight excluding hydrogens is 272 g/mol. The van der Waals surface area contributed by atoms with Crippen LogP contribution in [0, 0.1) is 0 Å². The van der Waals surface area contributed by atoms with Gasteiger partial charge < -0.3 is 20.5 Å². The van der Waals surface area contributed by atoms with Gasteiger partial charge in [-0.05, 0) is 37.0 Å². The van der Waals surface area contributed by atoms with Crippen molar-refractivity contribution in [3.8, 4) is 0 Å². The van der Waals surface area contributed by atoms with E-state index in [1.807, 2.05) is 12.1 Å². The number of amides is 2. The molecule has 0 radical (unpaired) electrons. The summed E-state index contributed by atoms with van der Waals surface area (Å²) in [5.41, 5.74) is 1.61. The number of nitrogens with one attached hydrogen (secondary N) is 2. The van der Waals surface area contributed by atoms with Crippen molar-refractivity contribution in [2.24, 2.45) is 0 Å². The van der Waals surface area contributed by atoms with Crippen LogP contribution in [-0.4, -0.2) is 36.4 Å². The van der Waals surface area contributed by atoms with Gasteiger partial charge in [0.1, 0.15) is 0 Å². The van der Waals surface area contributed by atoms with E-state index in [9.17, 15) is 9.59 Å². The largest absolute Gasteiger partial charge is 0.481 e. The van der Waals surface area contributed by atoms with E-state index in [0.717, 1.165) is 25.0 Å². The maximum Gasteiger partial charge on any atom is 0.319 e. The lowest BCUT2D eigenvalue weighted by Gasteiger charge is -2.12. The Morgan fingerprint density at radius 1 is 1.29 bits per heavy atom. The number of ether oxygens (including phenoxy) is 1. The molecule has 1 saturated heterocycles.